The summed E-state index contributed by atoms with van der Waals surface area (Å²) < 4.78 is 1.86. The zero-order chi connectivity index (χ0) is 19.4. The minimum Gasteiger partial charge on any atom is -0.478 e. The van der Waals surface area contributed by atoms with Crippen molar-refractivity contribution < 1.29 is 14.7 Å². The number of carbonyl (C=O) groups is 2. The summed E-state index contributed by atoms with van der Waals surface area (Å²) in [4.78, 5) is 23.6. The minimum absolute atomic E-state index is 0.0212. The highest BCUT2D eigenvalue weighted by molar-refractivity contribution is 5.91. The van der Waals surface area contributed by atoms with Crippen LogP contribution in [0, 0.1) is 13.8 Å². The van der Waals surface area contributed by atoms with Gasteiger partial charge in [0.25, 0.3) is 0 Å². The van der Waals surface area contributed by atoms with E-state index in [1.807, 2.05) is 48.9 Å². The number of hydrogen-bond acceptors (Lipinski definition) is 3. The van der Waals surface area contributed by atoms with Gasteiger partial charge in [-0.1, -0.05) is 36.4 Å². The number of carboxylic acids is 1. The molecule has 0 saturated heterocycles. The SMILES string of the molecule is Cc1nn(-c2ccccc2)c(C)c1CNC(=O)Cc1ccccc1C(=O)O. The summed E-state index contributed by atoms with van der Waals surface area (Å²) in [5.74, 6) is -1.26. The Labute approximate surface area is 157 Å². The lowest BCUT2D eigenvalue weighted by Gasteiger charge is -2.08. The van der Waals surface area contributed by atoms with Crippen LogP contribution in [-0.4, -0.2) is 26.8 Å². The fraction of sp³-hybridized carbons (Fsp3) is 0.190. The summed E-state index contributed by atoms with van der Waals surface area (Å²) in [7, 11) is 0. The molecule has 0 spiro atoms. The molecular weight excluding hydrogens is 342 g/mol. The first kappa shape index (κ1) is 18.4. The largest absolute Gasteiger partial charge is 0.478 e. The molecule has 3 rings (SSSR count). The summed E-state index contributed by atoms with van der Waals surface area (Å²) in [6.45, 7) is 4.22. The van der Waals surface area contributed by atoms with Crippen molar-refractivity contribution in [3.05, 3.63) is 82.7 Å². The minimum atomic E-state index is -1.03. The number of nitrogens with zero attached hydrogens (tertiary/aromatic N) is 2. The van der Waals surface area contributed by atoms with Crippen molar-refractivity contribution in [2.75, 3.05) is 0 Å². The molecule has 2 N–H and O–H groups in total. The standard InChI is InChI=1S/C21H21N3O3/c1-14-19(15(2)24(23-14)17-9-4-3-5-10-17)13-22-20(25)12-16-8-6-7-11-18(16)21(26)27/h3-11H,12-13H2,1-2H3,(H,22,25)(H,26,27). The summed E-state index contributed by atoms with van der Waals surface area (Å²) in [6.07, 6.45) is 0.0212. The number of carbonyl (C=O) groups excluding carboxylic acids is 1. The Bertz CT molecular complexity index is 978. The van der Waals surface area contributed by atoms with E-state index >= 15 is 0 Å². The number of benzene rings is 2. The topological polar surface area (TPSA) is 84.2 Å². The Kier molecular flexibility index (Phi) is 5.35. The van der Waals surface area contributed by atoms with E-state index in [0.717, 1.165) is 22.6 Å². The van der Waals surface area contributed by atoms with Crippen molar-refractivity contribution in [2.24, 2.45) is 0 Å². The van der Waals surface area contributed by atoms with E-state index in [0.29, 0.717) is 12.1 Å². The maximum atomic E-state index is 12.3. The van der Waals surface area contributed by atoms with Gasteiger partial charge in [0.2, 0.25) is 5.91 Å². The van der Waals surface area contributed by atoms with Crippen LogP contribution in [0.3, 0.4) is 0 Å². The van der Waals surface area contributed by atoms with Crippen molar-refractivity contribution in [1.29, 1.82) is 0 Å². The molecule has 0 bridgehead atoms. The van der Waals surface area contributed by atoms with Gasteiger partial charge in [-0.25, -0.2) is 9.48 Å². The molecule has 0 aliphatic carbocycles. The maximum absolute atomic E-state index is 12.3. The average Bonchev–Trinajstić information content (AvgIpc) is 2.95. The molecule has 138 valence electrons. The van der Waals surface area contributed by atoms with Gasteiger partial charge in [-0.2, -0.15) is 5.10 Å². The van der Waals surface area contributed by atoms with Gasteiger partial charge < -0.3 is 10.4 Å². The zero-order valence-corrected chi connectivity index (χ0v) is 15.3. The Morgan fingerprint density at radius 1 is 1.04 bits per heavy atom. The summed E-state index contributed by atoms with van der Waals surface area (Å²) in [5, 5.41) is 16.7. The highest BCUT2D eigenvalue weighted by atomic mass is 16.4. The number of carboxylic acid groups (broad SMARTS) is 1. The van der Waals surface area contributed by atoms with Gasteiger partial charge in [0.1, 0.15) is 0 Å². The molecule has 0 fully saturated rings. The molecule has 0 atom stereocenters. The molecule has 1 amide bonds. The van der Waals surface area contributed by atoms with E-state index in [1.165, 1.54) is 6.07 Å². The third-order valence-electron chi connectivity index (χ3n) is 4.50. The quantitative estimate of drug-likeness (QED) is 0.705. The number of amides is 1. The molecule has 6 heteroatoms. The second-order valence-electron chi connectivity index (χ2n) is 6.31. The van der Waals surface area contributed by atoms with Gasteiger partial charge in [0.15, 0.2) is 0 Å². The van der Waals surface area contributed by atoms with E-state index in [2.05, 4.69) is 10.4 Å². The second kappa shape index (κ2) is 7.86. The van der Waals surface area contributed by atoms with Crippen molar-refractivity contribution >= 4 is 11.9 Å². The van der Waals surface area contributed by atoms with Crippen LogP contribution in [0.2, 0.25) is 0 Å². The second-order valence-corrected chi connectivity index (χ2v) is 6.31. The lowest BCUT2D eigenvalue weighted by Crippen LogP contribution is -2.25. The number of rotatable bonds is 6. The van der Waals surface area contributed by atoms with Gasteiger partial charge >= 0.3 is 5.97 Å². The normalized spacial score (nSPS) is 10.6. The molecule has 0 saturated carbocycles. The van der Waals surface area contributed by atoms with Crippen molar-refractivity contribution in [2.45, 2.75) is 26.8 Å². The third-order valence-corrected chi connectivity index (χ3v) is 4.50. The Morgan fingerprint density at radius 3 is 2.41 bits per heavy atom. The Balaban J connectivity index is 1.72. The lowest BCUT2D eigenvalue weighted by atomic mass is 10.0. The molecule has 0 aliphatic rings. The van der Waals surface area contributed by atoms with Crippen LogP contribution in [0.25, 0.3) is 5.69 Å². The van der Waals surface area contributed by atoms with Crippen LogP contribution in [0.15, 0.2) is 54.6 Å². The van der Waals surface area contributed by atoms with E-state index in [-0.39, 0.29) is 17.9 Å². The van der Waals surface area contributed by atoms with Crippen LogP contribution in [0.5, 0.6) is 0 Å². The number of para-hydroxylation sites is 1. The van der Waals surface area contributed by atoms with Gasteiger partial charge in [0.05, 0.1) is 23.4 Å². The first-order valence-electron chi connectivity index (χ1n) is 8.65. The third kappa shape index (κ3) is 4.06. The van der Waals surface area contributed by atoms with Crippen molar-refractivity contribution in [3.63, 3.8) is 0 Å². The number of hydrogen-bond donors (Lipinski definition) is 2. The summed E-state index contributed by atoms with van der Waals surface area (Å²) in [6, 6.07) is 16.3. The van der Waals surface area contributed by atoms with E-state index in [9.17, 15) is 14.7 Å². The highest BCUT2D eigenvalue weighted by Gasteiger charge is 2.15. The molecule has 1 aromatic heterocycles. The zero-order valence-electron chi connectivity index (χ0n) is 15.3. The predicted molar refractivity (Wildman–Crippen MR) is 102 cm³/mol. The first-order chi connectivity index (χ1) is 13.0. The molecule has 0 aliphatic heterocycles. The molecule has 0 unspecified atom stereocenters. The van der Waals surface area contributed by atoms with Crippen LogP contribution in [0.1, 0.15) is 32.9 Å². The first-order valence-corrected chi connectivity index (χ1v) is 8.65. The number of aromatic nitrogens is 2. The van der Waals surface area contributed by atoms with Crippen LogP contribution in [0.4, 0.5) is 0 Å². The average molecular weight is 363 g/mol. The van der Waals surface area contributed by atoms with Gasteiger partial charge in [0, 0.05) is 17.8 Å². The fourth-order valence-corrected chi connectivity index (χ4v) is 3.06. The van der Waals surface area contributed by atoms with Crippen LogP contribution >= 0.6 is 0 Å². The number of aryl methyl sites for hydroxylation is 1. The van der Waals surface area contributed by atoms with Crippen LogP contribution in [-0.2, 0) is 17.8 Å². The predicted octanol–water partition coefficient (Wildman–Crippen LogP) is 3.05. The van der Waals surface area contributed by atoms with Crippen molar-refractivity contribution in [3.8, 4) is 5.69 Å². The van der Waals surface area contributed by atoms with E-state index < -0.39 is 5.97 Å². The fourth-order valence-electron chi connectivity index (χ4n) is 3.06. The molecule has 6 nitrogen and oxygen atoms in total. The van der Waals surface area contributed by atoms with Gasteiger partial charge in [-0.05, 0) is 37.6 Å². The van der Waals surface area contributed by atoms with Gasteiger partial charge in [-0.3, -0.25) is 4.79 Å². The molecule has 3 aromatic rings. The van der Waals surface area contributed by atoms with Gasteiger partial charge in [-0.15, -0.1) is 0 Å². The van der Waals surface area contributed by atoms with E-state index in [1.54, 1.807) is 18.2 Å². The molecule has 2 aromatic carbocycles. The van der Waals surface area contributed by atoms with Crippen LogP contribution < -0.4 is 5.32 Å². The highest BCUT2D eigenvalue weighted by Crippen LogP contribution is 2.18. The molecule has 1 heterocycles. The molecule has 0 radical (unpaired) electrons. The summed E-state index contributed by atoms with van der Waals surface area (Å²) in [5.41, 5.74) is 4.38. The Morgan fingerprint density at radius 2 is 1.70 bits per heavy atom. The van der Waals surface area contributed by atoms with E-state index in [4.69, 9.17) is 0 Å². The number of aromatic carboxylic acids is 1. The van der Waals surface area contributed by atoms with Crippen molar-refractivity contribution in [1.82, 2.24) is 15.1 Å². The number of nitrogens with one attached hydrogen (secondary N) is 1. The molecule has 27 heavy (non-hydrogen) atoms. The lowest BCUT2D eigenvalue weighted by molar-refractivity contribution is -0.120. The smallest absolute Gasteiger partial charge is 0.335 e. The summed E-state index contributed by atoms with van der Waals surface area (Å²) >= 11 is 0. The maximum Gasteiger partial charge on any atom is 0.335 e. The Hall–Kier alpha value is -3.41. The monoisotopic (exact) mass is 363 g/mol. The molecular formula is C21H21N3O3.